The molecule has 0 aliphatic heterocycles. The van der Waals surface area contributed by atoms with Crippen molar-refractivity contribution in [2.75, 3.05) is 7.05 Å². The summed E-state index contributed by atoms with van der Waals surface area (Å²) in [6, 6.07) is 0.0799. The minimum Gasteiger partial charge on any atom is -0.340 e. The van der Waals surface area contributed by atoms with Crippen LogP contribution in [-0.2, 0) is 11.3 Å². The molecule has 4 nitrogen and oxygen atoms in total. The second-order valence-electron chi connectivity index (χ2n) is 5.99. The molecule has 0 spiro atoms. The summed E-state index contributed by atoms with van der Waals surface area (Å²) in [5.74, 6) is 1.39. The second kappa shape index (κ2) is 7.27. The van der Waals surface area contributed by atoms with Crippen LogP contribution in [0.25, 0.3) is 0 Å². The Kier molecular flexibility index (Phi) is 6.47. The van der Waals surface area contributed by atoms with Crippen LogP contribution in [0, 0.1) is 24.7 Å². The Balaban J connectivity index is 0.00000110. The van der Waals surface area contributed by atoms with E-state index in [2.05, 4.69) is 4.98 Å². The number of nitrogens with zero attached hydrogens (tertiary/aromatic N) is 2. The summed E-state index contributed by atoms with van der Waals surface area (Å²) in [4.78, 5) is 19.9. The topological polar surface area (TPSA) is 59.2 Å². The lowest BCUT2D eigenvalue weighted by molar-refractivity contribution is -0.136. The number of fused-ring (bicyclic) bond motifs is 2. The number of thiazole rings is 1. The normalized spacial score (nSPS) is 29.7. The van der Waals surface area contributed by atoms with Crippen LogP contribution >= 0.6 is 36.2 Å². The number of carbonyl (C=O) groups excluding carboxylic acids is 1. The Labute approximate surface area is 142 Å². The standard InChI is InChI=1S/C14H21N3OS.2ClH/c1-8-11(19-7-16-8)6-17(2)14(18)12-9-3-4-10(5-9)13(12)15;;/h7,9-10,12-13H,3-6,15H2,1-2H3;2*1H. The summed E-state index contributed by atoms with van der Waals surface area (Å²) in [6.07, 6.45) is 3.56. The molecular formula is C14H23Cl2N3OS. The van der Waals surface area contributed by atoms with E-state index in [-0.39, 0.29) is 42.7 Å². The van der Waals surface area contributed by atoms with E-state index in [0.29, 0.717) is 18.4 Å². The number of aromatic nitrogens is 1. The smallest absolute Gasteiger partial charge is 0.227 e. The van der Waals surface area contributed by atoms with E-state index in [1.165, 1.54) is 17.7 Å². The van der Waals surface area contributed by atoms with Gasteiger partial charge in [-0.3, -0.25) is 4.79 Å². The third kappa shape index (κ3) is 3.36. The molecule has 0 saturated heterocycles. The van der Waals surface area contributed by atoms with Crippen LogP contribution in [0.1, 0.15) is 29.8 Å². The molecule has 7 heteroatoms. The first-order valence-electron chi connectivity index (χ1n) is 6.97. The number of halogens is 2. The maximum Gasteiger partial charge on any atom is 0.227 e. The molecule has 2 aliphatic rings. The molecule has 4 atom stereocenters. The van der Waals surface area contributed by atoms with Gasteiger partial charge in [0.15, 0.2) is 0 Å². The highest BCUT2D eigenvalue weighted by Gasteiger charge is 2.49. The minimum atomic E-state index is 0. The molecule has 2 saturated carbocycles. The molecule has 0 radical (unpaired) electrons. The van der Waals surface area contributed by atoms with Crippen molar-refractivity contribution in [3.63, 3.8) is 0 Å². The van der Waals surface area contributed by atoms with Crippen molar-refractivity contribution in [1.82, 2.24) is 9.88 Å². The SMILES string of the molecule is Cc1ncsc1CN(C)C(=O)C1C2CCC(C2)C1N.Cl.Cl. The van der Waals surface area contributed by atoms with Gasteiger partial charge >= 0.3 is 0 Å². The molecule has 2 fully saturated rings. The lowest BCUT2D eigenvalue weighted by atomic mass is 9.84. The van der Waals surface area contributed by atoms with Crippen LogP contribution in [0.2, 0.25) is 0 Å². The predicted octanol–water partition coefficient (Wildman–Crippen LogP) is 2.63. The monoisotopic (exact) mass is 351 g/mol. The fourth-order valence-corrected chi connectivity index (χ4v) is 4.56. The van der Waals surface area contributed by atoms with E-state index in [1.807, 2.05) is 24.4 Å². The number of hydrogen-bond donors (Lipinski definition) is 1. The largest absolute Gasteiger partial charge is 0.340 e. The van der Waals surface area contributed by atoms with Crippen LogP contribution in [0.5, 0.6) is 0 Å². The highest BCUT2D eigenvalue weighted by Crippen LogP contribution is 2.48. The van der Waals surface area contributed by atoms with Crippen molar-refractivity contribution < 1.29 is 4.79 Å². The van der Waals surface area contributed by atoms with E-state index in [0.717, 1.165) is 12.1 Å². The summed E-state index contributed by atoms with van der Waals surface area (Å²) < 4.78 is 0. The molecule has 2 N–H and O–H groups in total. The average Bonchev–Trinajstić information content (AvgIpc) is 3.06. The van der Waals surface area contributed by atoms with Gasteiger partial charge in [-0.2, -0.15) is 0 Å². The molecule has 2 bridgehead atoms. The molecular weight excluding hydrogens is 329 g/mol. The molecule has 2 aliphatic carbocycles. The number of hydrogen-bond acceptors (Lipinski definition) is 4. The van der Waals surface area contributed by atoms with E-state index >= 15 is 0 Å². The van der Waals surface area contributed by atoms with Gasteiger partial charge in [-0.25, -0.2) is 4.98 Å². The van der Waals surface area contributed by atoms with Crippen LogP contribution in [0.15, 0.2) is 5.51 Å². The van der Waals surface area contributed by atoms with Gasteiger partial charge in [-0.1, -0.05) is 0 Å². The van der Waals surface area contributed by atoms with Crippen molar-refractivity contribution in [1.29, 1.82) is 0 Å². The molecule has 1 amide bonds. The molecule has 4 unspecified atom stereocenters. The number of amides is 1. The zero-order chi connectivity index (χ0) is 13.6. The average molecular weight is 352 g/mol. The van der Waals surface area contributed by atoms with Gasteiger partial charge in [0, 0.05) is 18.0 Å². The number of carbonyl (C=O) groups is 1. The lowest BCUT2D eigenvalue weighted by Crippen LogP contribution is -2.45. The Hall–Kier alpha value is -0.360. The van der Waals surface area contributed by atoms with Gasteiger partial charge in [-0.05, 0) is 38.0 Å². The molecule has 120 valence electrons. The summed E-state index contributed by atoms with van der Waals surface area (Å²) in [5, 5.41) is 0. The maximum absolute atomic E-state index is 12.6. The lowest BCUT2D eigenvalue weighted by Gasteiger charge is -2.30. The molecule has 1 aromatic rings. The van der Waals surface area contributed by atoms with Crippen molar-refractivity contribution in [2.24, 2.45) is 23.5 Å². The zero-order valence-electron chi connectivity index (χ0n) is 12.3. The molecule has 0 aromatic carbocycles. The zero-order valence-corrected chi connectivity index (χ0v) is 14.8. The predicted molar refractivity (Wildman–Crippen MR) is 90.1 cm³/mol. The summed E-state index contributed by atoms with van der Waals surface area (Å²) in [5.41, 5.74) is 9.12. The summed E-state index contributed by atoms with van der Waals surface area (Å²) in [7, 11) is 1.89. The van der Waals surface area contributed by atoms with Gasteiger partial charge in [0.25, 0.3) is 0 Å². The summed E-state index contributed by atoms with van der Waals surface area (Å²) in [6.45, 7) is 2.66. The first kappa shape index (κ1) is 18.7. The second-order valence-corrected chi connectivity index (χ2v) is 6.93. The Bertz CT molecular complexity index is 494. The number of nitrogens with two attached hydrogens (primary N) is 1. The highest BCUT2D eigenvalue weighted by atomic mass is 35.5. The van der Waals surface area contributed by atoms with E-state index in [1.54, 1.807) is 11.3 Å². The van der Waals surface area contributed by atoms with Crippen molar-refractivity contribution in [3.8, 4) is 0 Å². The van der Waals surface area contributed by atoms with Crippen LogP contribution in [0.4, 0.5) is 0 Å². The maximum atomic E-state index is 12.6. The highest BCUT2D eigenvalue weighted by molar-refractivity contribution is 7.09. The van der Waals surface area contributed by atoms with Crippen LogP contribution in [-0.4, -0.2) is 28.9 Å². The third-order valence-corrected chi connectivity index (χ3v) is 5.79. The minimum absolute atomic E-state index is 0. The van der Waals surface area contributed by atoms with Gasteiger partial charge < -0.3 is 10.6 Å². The van der Waals surface area contributed by atoms with Gasteiger partial charge in [0.1, 0.15) is 0 Å². The number of rotatable bonds is 3. The molecule has 3 rings (SSSR count). The molecule has 1 aromatic heterocycles. The van der Waals surface area contributed by atoms with Crippen molar-refractivity contribution >= 4 is 42.1 Å². The molecule has 1 heterocycles. The van der Waals surface area contributed by atoms with Gasteiger partial charge in [0.2, 0.25) is 5.91 Å². The first-order chi connectivity index (χ1) is 9.08. The van der Waals surface area contributed by atoms with Crippen LogP contribution < -0.4 is 5.73 Å². The Morgan fingerprint density at radius 3 is 2.62 bits per heavy atom. The fourth-order valence-electron chi connectivity index (χ4n) is 3.73. The summed E-state index contributed by atoms with van der Waals surface area (Å²) >= 11 is 1.62. The van der Waals surface area contributed by atoms with Gasteiger partial charge in [0.05, 0.1) is 23.7 Å². The quantitative estimate of drug-likeness (QED) is 0.910. The fraction of sp³-hybridized carbons (Fsp3) is 0.714. The molecule has 21 heavy (non-hydrogen) atoms. The van der Waals surface area contributed by atoms with Crippen molar-refractivity contribution in [2.45, 2.75) is 38.8 Å². The van der Waals surface area contributed by atoms with Crippen LogP contribution in [0.3, 0.4) is 0 Å². The Morgan fingerprint density at radius 2 is 2.10 bits per heavy atom. The van der Waals surface area contributed by atoms with E-state index in [9.17, 15) is 4.79 Å². The van der Waals surface area contributed by atoms with E-state index in [4.69, 9.17) is 5.73 Å². The Morgan fingerprint density at radius 1 is 1.43 bits per heavy atom. The van der Waals surface area contributed by atoms with Gasteiger partial charge in [-0.15, -0.1) is 36.2 Å². The van der Waals surface area contributed by atoms with E-state index < -0.39 is 0 Å². The third-order valence-electron chi connectivity index (χ3n) is 4.87. The first-order valence-corrected chi connectivity index (χ1v) is 7.85. The van der Waals surface area contributed by atoms with Crippen molar-refractivity contribution in [3.05, 3.63) is 16.1 Å². The number of aryl methyl sites for hydroxylation is 1.